The maximum absolute atomic E-state index is 12.4. The van der Waals surface area contributed by atoms with E-state index in [0.29, 0.717) is 16.1 Å². The second-order valence-electron chi connectivity index (χ2n) is 6.75. The minimum atomic E-state index is -3.65. The van der Waals surface area contributed by atoms with Crippen molar-refractivity contribution in [3.05, 3.63) is 64.7 Å². The molecule has 0 unspecified atom stereocenters. The fourth-order valence-corrected chi connectivity index (χ4v) is 4.19. The van der Waals surface area contributed by atoms with Crippen LogP contribution in [0.25, 0.3) is 0 Å². The van der Waals surface area contributed by atoms with Crippen molar-refractivity contribution < 1.29 is 21.6 Å². The van der Waals surface area contributed by atoms with Gasteiger partial charge >= 0.3 is 0 Å². The second-order valence-corrected chi connectivity index (χ2v) is 11.2. The van der Waals surface area contributed by atoms with Gasteiger partial charge in [-0.1, -0.05) is 41.9 Å². The van der Waals surface area contributed by atoms with Crippen LogP contribution in [0.1, 0.15) is 24.1 Å². The van der Waals surface area contributed by atoms with E-state index in [1.165, 1.54) is 12.1 Å². The molecule has 1 atom stereocenters. The summed E-state index contributed by atoms with van der Waals surface area (Å²) in [5.41, 5.74) is 1.29. The van der Waals surface area contributed by atoms with Crippen LogP contribution in [0.3, 0.4) is 0 Å². The van der Waals surface area contributed by atoms with Crippen LogP contribution in [0.2, 0.25) is 5.02 Å². The van der Waals surface area contributed by atoms with Crippen molar-refractivity contribution in [3.8, 4) is 0 Å². The lowest BCUT2D eigenvalue weighted by Crippen LogP contribution is -2.40. The summed E-state index contributed by atoms with van der Waals surface area (Å²) < 4.78 is 48.4. The summed E-state index contributed by atoms with van der Waals surface area (Å²) in [6.07, 6.45) is 2.15. The number of carbonyl (C=O) groups is 1. The van der Waals surface area contributed by atoms with E-state index in [1.54, 1.807) is 43.3 Å². The highest BCUT2D eigenvalue weighted by atomic mass is 35.5. The number of sulfonamides is 1. The topological polar surface area (TPSA) is 101 Å². The second kappa shape index (κ2) is 9.25. The average molecular weight is 459 g/mol. The SMILES string of the molecule is C[C@H](NC(=O)CN(Cc1ccccc1Cl)S(C)(=O)=O)c1ccc(S(C)(=O)=O)cc1. The van der Waals surface area contributed by atoms with Gasteiger partial charge in [-0.15, -0.1) is 0 Å². The first-order chi connectivity index (χ1) is 13.4. The molecule has 0 aliphatic heterocycles. The molecule has 0 spiro atoms. The Morgan fingerprint density at radius 3 is 2.14 bits per heavy atom. The molecule has 2 aromatic rings. The van der Waals surface area contributed by atoms with Gasteiger partial charge in [-0.25, -0.2) is 16.8 Å². The van der Waals surface area contributed by atoms with E-state index in [4.69, 9.17) is 11.6 Å². The van der Waals surface area contributed by atoms with Crippen molar-refractivity contribution in [1.82, 2.24) is 9.62 Å². The highest BCUT2D eigenvalue weighted by Gasteiger charge is 2.22. The molecule has 7 nitrogen and oxygen atoms in total. The van der Waals surface area contributed by atoms with Gasteiger partial charge in [-0.05, 0) is 36.2 Å². The number of hydrogen-bond donors (Lipinski definition) is 1. The standard InChI is InChI=1S/C19H23ClN2O5S2/c1-14(15-8-10-17(11-9-15)28(2,24)25)21-19(23)13-22(29(3,26)27)12-16-6-4-5-7-18(16)20/h4-11,14H,12-13H2,1-3H3,(H,21,23)/t14-/m0/s1. The van der Waals surface area contributed by atoms with Crippen LogP contribution in [0.5, 0.6) is 0 Å². The molecule has 0 heterocycles. The van der Waals surface area contributed by atoms with Crippen molar-refractivity contribution in [2.24, 2.45) is 0 Å². The molecular weight excluding hydrogens is 436 g/mol. The predicted octanol–water partition coefficient (Wildman–Crippen LogP) is 2.38. The molecule has 0 bridgehead atoms. The highest BCUT2D eigenvalue weighted by Crippen LogP contribution is 2.19. The number of carbonyl (C=O) groups excluding carboxylic acids is 1. The van der Waals surface area contributed by atoms with Gasteiger partial charge in [0, 0.05) is 17.8 Å². The fraction of sp³-hybridized carbons (Fsp3) is 0.316. The summed E-state index contributed by atoms with van der Waals surface area (Å²) in [5, 5.41) is 3.15. The van der Waals surface area contributed by atoms with E-state index in [1.807, 2.05) is 0 Å². The lowest BCUT2D eigenvalue weighted by atomic mass is 10.1. The Hall–Kier alpha value is -1.94. The Labute approximate surface area is 176 Å². The highest BCUT2D eigenvalue weighted by molar-refractivity contribution is 7.90. The zero-order chi connectivity index (χ0) is 21.8. The third kappa shape index (κ3) is 6.81. The van der Waals surface area contributed by atoms with E-state index < -0.39 is 31.8 Å². The van der Waals surface area contributed by atoms with Gasteiger partial charge in [0.1, 0.15) is 0 Å². The zero-order valence-corrected chi connectivity index (χ0v) is 18.7. The first-order valence-corrected chi connectivity index (χ1v) is 12.8. The Morgan fingerprint density at radius 1 is 1.03 bits per heavy atom. The quantitative estimate of drug-likeness (QED) is 0.654. The van der Waals surface area contributed by atoms with E-state index >= 15 is 0 Å². The minimum absolute atomic E-state index is 0.0244. The Balaban J connectivity index is 2.09. The molecule has 0 aliphatic carbocycles. The molecule has 0 saturated carbocycles. The van der Waals surface area contributed by atoms with Gasteiger partial charge < -0.3 is 5.32 Å². The minimum Gasteiger partial charge on any atom is -0.348 e. The number of sulfone groups is 1. The third-order valence-corrected chi connectivity index (χ3v) is 6.97. The van der Waals surface area contributed by atoms with Crippen molar-refractivity contribution >= 4 is 37.4 Å². The normalized spacial score (nSPS) is 13.3. The van der Waals surface area contributed by atoms with Crippen molar-refractivity contribution in [2.45, 2.75) is 24.4 Å². The maximum atomic E-state index is 12.4. The number of benzene rings is 2. The van der Waals surface area contributed by atoms with E-state index in [0.717, 1.165) is 16.8 Å². The summed E-state index contributed by atoms with van der Waals surface area (Å²) in [6.45, 7) is 1.34. The van der Waals surface area contributed by atoms with Gasteiger partial charge in [0.05, 0.1) is 23.7 Å². The Kier molecular flexibility index (Phi) is 7.45. The Morgan fingerprint density at radius 2 is 1.62 bits per heavy atom. The fourth-order valence-electron chi connectivity index (χ4n) is 2.64. The van der Waals surface area contributed by atoms with Gasteiger partial charge in [-0.3, -0.25) is 4.79 Å². The molecule has 2 rings (SSSR count). The largest absolute Gasteiger partial charge is 0.348 e. The molecule has 1 amide bonds. The molecule has 0 radical (unpaired) electrons. The maximum Gasteiger partial charge on any atom is 0.235 e. The number of nitrogens with one attached hydrogen (secondary N) is 1. The molecule has 158 valence electrons. The molecule has 1 N–H and O–H groups in total. The van der Waals surface area contributed by atoms with Crippen molar-refractivity contribution in [3.63, 3.8) is 0 Å². The number of nitrogens with zero attached hydrogens (tertiary/aromatic N) is 1. The average Bonchev–Trinajstić information content (AvgIpc) is 2.61. The summed E-state index contributed by atoms with van der Waals surface area (Å²) in [4.78, 5) is 12.6. The lowest BCUT2D eigenvalue weighted by molar-refractivity contribution is -0.122. The van der Waals surface area contributed by atoms with Gasteiger partial charge in [0.15, 0.2) is 9.84 Å². The first-order valence-electron chi connectivity index (χ1n) is 8.66. The monoisotopic (exact) mass is 458 g/mol. The smallest absolute Gasteiger partial charge is 0.235 e. The molecule has 29 heavy (non-hydrogen) atoms. The van der Waals surface area contributed by atoms with Gasteiger partial charge in [0.2, 0.25) is 15.9 Å². The number of hydrogen-bond acceptors (Lipinski definition) is 5. The molecule has 0 aromatic heterocycles. The number of halogens is 1. The van der Waals surface area contributed by atoms with Crippen LogP contribution < -0.4 is 5.32 Å². The molecule has 10 heteroatoms. The van der Waals surface area contributed by atoms with Crippen LogP contribution in [-0.2, 0) is 31.2 Å². The molecule has 2 aromatic carbocycles. The van der Waals surface area contributed by atoms with Crippen molar-refractivity contribution in [1.29, 1.82) is 0 Å². The first kappa shape index (κ1) is 23.3. The summed E-state index contributed by atoms with van der Waals surface area (Å²) in [6, 6.07) is 12.5. The summed E-state index contributed by atoms with van der Waals surface area (Å²) >= 11 is 6.10. The number of rotatable bonds is 8. The van der Waals surface area contributed by atoms with Crippen LogP contribution in [0.15, 0.2) is 53.4 Å². The van der Waals surface area contributed by atoms with Crippen LogP contribution in [0.4, 0.5) is 0 Å². The third-order valence-electron chi connectivity index (χ3n) is 4.28. The lowest BCUT2D eigenvalue weighted by Gasteiger charge is -2.22. The van der Waals surface area contributed by atoms with Gasteiger partial charge in [-0.2, -0.15) is 4.31 Å². The van der Waals surface area contributed by atoms with Crippen LogP contribution in [-0.4, -0.2) is 46.1 Å². The molecular formula is C19H23ClN2O5S2. The van der Waals surface area contributed by atoms with Crippen LogP contribution >= 0.6 is 11.6 Å². The molecule has 0 aliphatic rings. The molecule has 0 saturated heterocycles. The van der Waals surface area contributed by atoms with E-state index in [2.05, 4.69) is 5.32 Å². The van der Waals surface area contributed by atoms with E-state index in [-0.39, 0.29) is 18.0 Å². The molecule has 0 fully saturated rings. The van der Waals surface area contributed by atoms with Crippen LogP contribution in [0, 0.1) is 0 Å². The van der Waals surface area contributed by atoms with Crippen molar-refractivity contribution in [2.75, 3.05) is 19.1 Å². The predicted molar refractivity (Wildman–Crippen MR) is 113 cm³/mol. The Bertz CT molecular complexity index is 1080. The zero-order valence-electron chi connectivity index (χ0n) is 16.3. The van der Waals surface area contributed by atoms with Gasteiger partial charge in [0.25, 0.3) is 0 Å². The number of amides is 1. The van der Waals surface area contributed by atoms with E-state index in [9.17, 15) is 21.6 Å². The summed E-state index contributed by atoms with van der Waals surface area (Å²) in [5.74, 6) is -0.484. The summed E-state index contributed by atoms with van der Waals surface area (Å²) in [7, 11) is -6.96.